The van der Waals surface area contributed by atoms with Crippen LogP contribution in [-0.4, -0.2) is 23.2 Å². The van der Waals surface area contributed by atoms with Crippen molar-refractivity contribution in [2.45, 2.75) is 53.1 Å². The molecule has 0 aliphatic carbocycles. The van der Waals surface area contributed by atoms with Crippen molar-refractivity contribution in [2.75, 3.05) is 0 Å². The molecule has 0 rings (SSSR count). The van der Waals surface area contributed by atoms with Gasteiger partial charge in [0.2, 0.25) is 0 Å². The maximum absolute atomic E-state index is 9.37. The molecule has 3 heteroatoms. The van der Waals surface area contributed by atoms with Gasteiger partial charge in [-0.2, -0.15) is 0 Å². The fraction of sp³-hybridized carbons (Fsp3) is 0.889. The lowest BCUT2D eigenvalue weighted by Gasteiger charge is -2.10. The van der Waals surface area contributed by atoms with Gasteiger partial charge < -0.3 is 10.4 Å². The van der Waals surface area contributed by atoms with Gasteiger partial charge in [-0.15, -0.1) is 0 Å². The van der Waals surface area contributed by atoms with Gasteiger partial charge in [0.05, 0.1) is 0 Å². The van der Waals surface area contributed by atoms with E-state index in [1.807, 2.05) is 0 Å². The first kappa shape index (κ1) is 14.0. The van der Waals surface area contributed by atoms with Gasteiger partial charge in [-0.25, -0.2) is 0 Å². The van der Waals surface area contributed by atoms with E-state index in [1.165, 1.54) is 0 Å². The Balaban J connectivity index is 0. The Bertz CT molecular complexity index is 105. The minimum absolute atomic E-state index is 0.222. The minimum atomic E-state index is -0.745. The second-order valence-corrected chi connectivity index (χ2v) is 3.22. The Morgan fingerprint density at radius 2 is 1.50 bits per heavy atom. The van der Waals surface area contributed by atoms with Crippen molar-refractivity contribution in [2.24, 2.45) is 0 Å². The van der Waals surface area contributed by atoms with Crippen LogP contribution in [0.2, 0.25) is 0 Å². The number of hydrogen-bond donors (Lipinski definition) is 2. The predicted molar refractivity (Wildman–Crippen MR) is 51.3 cm³/mol. The van der Waals surface area contributed by atoms with Crippen molar-refractivity contribution < 1.29 is 9.90 Å². The largest absolute Gasteiger partial charge is 0.481 e. The SMILES string of the molecule is CC(C)NC(C)C.CCC(=O)O. The summed E-state index contributed by atoms with van der Waals surface area (Å²) in [5, 5.41) is 11.0. The van der Waals surface area contributed by atoms with Crippen LogP contribution in [0.15, 0.2) is 0 Å². The fourth-order valence-electron chi connectivity index (χ4n) is 0.667. The van der Waals surface area contributed by atoms with Crippen molar-refractivity contribution in [1.29, 1.82) is 0 Å². The van der Waals surface area contributed by atoms with Crippen LogP contribution in [0.3, 0.4) is 0 Å². The van der Waals surface area contributed by atoms with E-state index in [1.54, 1.807) is 6.92 Å². The van der Waals surface area contributed by atoms with Crippen LogP contribution in [0, 0.1) is 0 Å². The number of nitrogens with one attached hydrogen (secondary N) is 1. The molecule has 0 aromatic carbocycles. The molecule has 0 saturated carbocycles. The zero-order valence-corrected chi connectivity index (χ0v) is 8.72. The highest BCUT2D eigenvalue weighted by Gasteiger charge is 1.92. The Labute approximate surface area is 75.2 Å². The van der Waals surface area contributed by atoms with Crippen LogP contribution < -0.4 is 5.32 Å². The van der Waals surface area contributed by atoms with Crippen molar-refractivity contribution in [3.63, 3.8) is 0 Å². The molecule has 0 spiro atoms. The molecule has 0 radical (unpaired) electrons. The minimum Gasteiger partial charge on any atom is -0.481 e. The zero-order valence-electron chi connectivity index (χ0n) is 8.72. The third-order valence-corrected chi connectivity index (χ3v) is 0.969. The van der Waals surface area contributed by atoms with Gasteiger partial charge in [0.15, 0.2) is 0 Å². The highest BCUT2D eigenvalue weighted by Crippen LogP contribution is 1.80. The summed E-state index contributed by atoms with van der Waals surface area (Å²) in [5.41, 5.74) is 0. The van der Waals surface area contributed by atoms with Gasteiger partial charge in [0, 0.05) is 18.5 Å². The summed E-state index contributed by atoms with van der Waals surface area (Å²) in [6.45, 7) is 10.2. The molecule has 0 aromatic heterocycles. The maximum atomic E-state index is 9.37. The first-order valence-electron chi connectivity index (χ1n) is 4.38. The lowest BCUT2D eigenvalue weighted by atomic mass is 10.3. The first-order valence-corrected chi connectivity index (χ1v) is 4.38. The summed E-state index contributed by atoms with van der Waals surface area (Å²) in [5.74, 6) is -0.745. The molecule has 0 saturated heterocycles. The monoisotopic (exact) mass is 175 g/mol. The van der Waals surface area contributed by atoms with E-state index < -0.39 is 5.97 Å². The topological polar surface area (TPSA) is 49.3 Å². The maximum Gasteiger partial charge on any atom is 0.303 e. The summed E-state index contributed by atoms with van der Waals surface area (Å²) < 4.78 is 0. The number of carbonyl (C=O) groups is 1. The quantitative estimate of drug-likeness (QED) is 0.688. The Morgan fingerprint density at radius 1 is 1.25 bits per heavy atom. The molecule has 2 N–H and O–H groups in total. The molecule has 0 aliphatic heterocycles. The van der Waals surface area contributed by atoms with Crippen LogP contribution >= 0.6 is 0 Å². The summed E-state index contributed by atoms with van der Waals surface area (Å²) in [6.07, 6.45) is 0.222. The molecular formula is C9H21NO2. The first-order chi connectivity index (χ1) is 5.40. The van der Waals surface area contributed by atoms with Crippen LogP contribution in [0.4, 0.5) is 0 Å². The Kier molecular flexibility index (Phi) is 9.93. The predicted octanol–water partition coefficient (Wildman–Crippen LogP) is 1.87. The third-order valence-electron chi connectivity index (χ3n) is 0.969. The number of rotatable bonds is 3. The molecule has 0 atom stereocenters. The fourth-order valence-corrected chi connectivity index (χ4v) is 0.667. The molecule has 0 amide bonds. The number of hydrogen-bond acceptors (Lipinski definition) is 2. The van der Waals surface area contributed by atoms with E-state index >= 15 is 0 Å². The highest BCUT2D eigenvalue weighted by atomic mass is 16.4. The van der Waals surface area contributed by atoms with Gasteiger partial charge in [-0.3, -0.25) is 4.79 Å². The van der Waals surface area contributed by atoms with Crippen LogP contribution in [0.5, 0.6) is 0 Å². The van der Waals surface area contributed by atoms with Crippen molar-refractivity contribution in [3.8, 4) is 0 Å². The van der Waals surface area contributed by atoms with Gasteiger partial charge in [0.25, 0.3) is 0 Å². The highest BCUT2D eigenvalue weighted by molar-refractivity contribution is 5.66. The molecule has 0 aromatic rings. The van der Waals surface area contributed by atoms with E-state index in [4.69, 9.17) is 5.11 Å². The summed E-state index contributed by atoms with van der Waals surface area (Å²) in [6, 6.07) is 1.25. The number of carboxylic acid groups (broad SMARTS) is 1. The van der Waals surface area contributed by atoms with E-state index in [0.717, 1.165) is 0 Å². The summed E-state index contributed by atoms with van der Waals surface area (Å²) in [4.78, 5) is 9.37. The van der Waals surface area contributed by atoms with Crippen molar-refractivity contribution in [3.05, 3.63) is 0 Å². The average Bonchev–Trinajstić information content (AvgIpc) is 1.85. The Morgan fingerprint density at radius 3 is 1.50 bits per heavy atom. The number of aliphatic carboxylic acids is 1. The summed E-state index contributed by atoms with van der Waals surface area (Å²) in [7, 11) is 0. The standard InChI is InChI=1S/C6H15N.C3H6O2/c1-5(2)7-6(3)4;1-2-3(4)5/h5-7H,1-4H3;2H2,1H3,(H,4,5). The van der Waals surface area contributed by atoms with Crippen molar-refractivity contribution in [1.82, 2.24) is 5.32 Å². The van der Waals surface area contributed by atoms with E-state index in [2.05, 4.69) is 33.0 Å². The van der Waals surface area contributed by atoms with Crippen LogP contribution in [0.1, 0.15) is 41.0 Å². The third kappa shape index (κ3) is 22.7. The number of carboxylic acids is 1. The second-order valence-electron chi connectivity index (χ2n) is 3.22. The van der Waals surface area contributed by atoms with Gasteiger partial charge >= 0.3 is 5.97 Å². The molecule has 0 bridgehead atoms. The van der Waals surface area contributed by atoms with Gasteiger partial charge in [-0.1, -0.05) is 34.6 Å². The lowest BCUT2D eigenvalue weighted by molar-refractivity contribution is -0.136. The molecule has 0 fully saturated rings. The smallest absolute Gasteiger partial charge is 0.303 e. The summed E-state index contributed by atoms with van der Waals surface area (Å²) >= 11 is 0. The molecule has 0 unspecified atom stereocenters. The Hall–Kier alpha value is -0.570. The molecule has 0 aliphatic rings. The molecule has 12 heavy (non-hydrogen) atoms. The van der Waals surface area contributed by atoms with Crippen LogP contribution in [-0.2, 0) is 4.79 Å². The van der Waals surface area contributed by atoms with E-state index in [9.17, 15) is 4.79 Å². The van der Waals surface area contributed by atoms with Gasteiger partial charge in [0.1, 0.15) is 0 Å². The van der Waals surface area contributed by atoms with Gasteiger partial charge in [-0.05, 0) is 0 Å². The molecular weight excluding hydrogens is 154 g/mol. The average molecular weight is 175 g/mol. The molecule has 3 nitrogen and oxygen atoms in total. The normalized spacial score (nSPS) is 9.58. The lowest BCUT2D eigenvalue weighted by Crippen LogP contribution is -2.29. The molecule has 74 valence electrons. The van der Waals surface area contributed by atoms with Crippen molar-refractivity contribution >= 4 is 5.97 Å². The second kappa shape index (κ2) is 8.53. The van der Waals surface area contributed by atoms with E-state index in [0.29, 0.717) is 12.1 Å². The van der Waals surface area contributed by atoms with E-state index in [-0.39, 0.29) is 6.42 Å². The van der Waals surface area contributed by atoms with Crippen LogP contribution in [0.25, 0.3) is 0 Å². The molecule has 0 heterocycles. The zero-order chi connectivity index (χ0) is 10.1.